The summed E-state index contributed by atoms with van der Waals surface area (Å²) in [6.07, 6.45) is 8.69. The number of amides is 1. The molecule has 0 spiro atoms. The predicted octanol–water partition coefficient (Wildman–Crippen LogP) is 0.600. The SMILES string of the molecule is CC1CCCC2CC(C(=O)NC3CCCN(C4NCCCN4)C3)NC12. The van der Waals surface area contributed by atoms with Gasteiger partial charge in [-0.25, -0.2) is 0 Å². The van der Waals surface area contributed by atoms with E-state index in [-0.39, 0.29) is 24.3 Å². The van der Waals surface area contributed by atoms with Crippen LogP contribution in [0.1, 0.15) is 51.9 Å². The predicted molar refractivity (Wildman–Crippen MR) is 99.0 cm³/mol. The highest BCUT2D eigenvalue weighted by Crippen LogP contribution is 2.36. The van der Waals surface area contributed by atoms with Crippen molar-refractivity contribution >= 4 is 5.91 Å². The van der Waals surface area contributed by atoms with Crippen LogP contribution >= 0.6 is 0 Å². The first-order valence-corrected chi connectivity index (χ1v) is 10.5. The van der Waals surface area contributed by atoms with Crippen LogP contribution in [0.4, 0.5) is 0 Å². The topological polar surface area (TPSA) is 68.4 Å². The summed E-state index contributed by atoms with van der Waals surface area (Å²) in [5, 5.41) is 14.1. The molecule has 3 heterocycles. The molecule has 4 N–H and O–H groups in total. The first-order chi connectivity index (χ1) is 12.2. The molecule has 6 nitrogen and oxygen atoms in total. The third-order valence-corrected chi connectivity index (χ3v) is 6.80. The fourth-order valence-corrected chi connectivity index (χ4v) is 5.43. The third kappa shape index (κ3) is 4.02. The normalized spacial score (nSPS) is 40.6. The van der Waals surface area contributed by atoms with Crippen molar-refractivity contribution in [2.45, 2.75) is 76.3 Å². The molecule has 0 radical (unpaired) electrons. The van der Waals surface area contributed by atoms with E-state index in [1.165, 1.54) is 25.7 Å². The molecule has 5 unspecified atom stereocenters. The lowest BCUT2D eigenvalue weighted by Crippen LogP contribution is -2.63. The van der Waals surface area contributed by atoms with Gasteiger partial charge in [-0.2, -0.15) is 0 Å². The van der Waals surface area contributed by atoms with Crippen molar-refractivity contribution in [1.29, 1.82) is 0 Å². The van der Waals surface area contributed by atoms with Crippen molar-refractivity contribution in [3.63, 3.8) is 0 Å². The van der Waals surface area contributed by atoms with Gasteiger partial charge in [0.2, 0.25) is 5.91 Å². The van der Waals surface area contributed by atoms with Crippen molar-refractivity contribution in [2.24, 2.45) is 11.8 Å². The van der Waals surface area contributed by atoms with Crippen molar-refractivity contribution in [2.75, 3.05) is 26.2 Å². The highest BCUT2D eigenvalue weighted by molar-refractivity contribution is 5.82. The van der Waals surface area contributed by atoms with Crippen LogP contribution in [0.2, 0.25) is 0 Å². The summed E-state index contributed by atoms with van der Waals surface area (Å²) in [7, 11) is 0. The number of rotatable bonds is 3. The molecule has 1 aliphatic carbocycles. The molecular weight excluding hydrogens is 314 g/mol. The number of carbonyl (C=O) groups excluding carboxylic acids is 1. The van der Waals surface area contributed by atoms with Crippen molar-refractivity contribution in [3.05, 3.63) is 0 Å². The van der Waals surface area contributed by atoms with Crippen LogP contribution in [-0.4, -0.2) is 61.4 Å². The van der Waals surface area contributed by atoms with Crippen molar-refractivity contribution in [1.82, 2.24) is 26.2 Å². The van der Waals surface area contributed by atoms with Gasteiger partial charge in [0.25, 0.3) is 0 Å². The molecule has 4 aliphatic rings. The van der Waals surface area contributed by atoms with Crippen LogP contribution in [0.15, 0.2) is 0 Å². The van der Waals surface area contributed by atoms with Crippen molar-refractivity contribution < 1.29 is 4.79 Å². The number of hydrogen-bond donors (Lipinski definition) is 4. The molecule has 1 saturated carbocycles. The van der Waals surface area contributed by atoms with Gasteiger partial charge in [0.15, 0.2) is 0 Å². The number of piperidine rings is 1. The largest absolute Gasteiger partial charge is 0.351 e. The average molecular weight is 350 g/mol. The number of hydrogen-bond acceptors (Lipinski definition) is 5. The molecule has 6 heteroatoms. The van der Waals surface area contributed by atoms with E-state index >= 15 is 0 Å². The van der Waals surface area contributed by atoms with Crippen LogP contribution in [0.5, 0.6) is 0 Å². The van der Waals surface area contributed by atoms with Gasteiger partial charge in [0, 0.05) is 25.2 Å². The molecule has 5 atom stereocenters. The lowest BCUT2D eigenvalue weighted by Gasteiger charge is -2.41. The molecule has 3 saturated heterocycles. The highest BCUT2D eigenvalue weighted by Gasteiger charge is 2.41. The van der Waals surface area contributed by atoms with E-state index in [9.17, 15) is 4.79 Å². The van der Waals surface area contributed by atoms with Crippen LogP contribution < -0.4 is 21.3 Å². The standard InChI is InChI=1S/C19H35N5O/c1-13-5-2-6-14-11-16(23-17(13)14)18(25)22-15-7-3-10-24(12-15)19-20-8-4-9-21-19/h13-17,19-21,23H,2-12H2,1H3,(H,22,25). The second-order valence-corrected chi connectivity index (χ2v) is 8.66. The van der Waals surface area contributed by atoms with E-state index < -0.39 is 0 Å². The van der Waals surface area contributed by atoms with E-state index in [0.29, 0.717) is 17.9 Å². The quantitative estimate of drug-likeness (QED) is 0.601. The van der Waals surface area contributed by atoms with E-state index in [4.69, 9.17) is 0 Å². The zero-order valence-electron chi connectivity index (χ0n) is 15.6. The minimum atomic E-state index is 0.0249. The summed E-state index contributed by atoms with van der Waals surface area (Å²) in [5.41, 5.74) is 0. The van der Waals surface area contributed by atoms with E-state index in [1.54, 1.807) is 0 Å². The maximum atomic E-state index is 12.8. The Bertz CT molecular complexity index is 467. The van der Waals surface area contributed by atoms with E-state index in [1.807, 2.05) is 0 Å². The summed E-state index contributed by atoms with van der Waals surface area (Å²) in [6.45, 7) is 6.57. The maximum Gasteiger partial charge on any atom is 0.237 e. The Labute approximate surface area is 151 Å². The first kappa shape index (κ1) is 17.7. The van der Waals surface area contributed by atoms with Gasteiger partial charge >= 0.3 is 0 Å². The second kappa shape index (κ2) is 7.91. The van der Waals surface area contributed by atoms with Gasteiger partial charge in [-0.3, -0.25) is 20.3 Å². The van der Waals surface area contributed by atoms with Gasteiger partial charge in [0.1, 0.15) is 6.29 Å². The van der Waals surface area contributed by atoms with E-state index in [0.717, 1.165) is 45.4 Å². The first-order valence-electron chi connectivity index (χ1n) is 10.5. The van der Waals surface area contributed by atoms with Crippen molar-refractivity contribution in [3.8, 4) is 0 Å². The lowest BCUT2D eigenvalue weighted by molar-refractivity contribution is -0.124. The summed E-state index contributed by atoms with van der Waals surface area (Å²) in [5.74, 6) is 1.65. The monoisotopic (exact) mass is 349 g/mol. The van der Waals surface area contributed by atoms with Gasteiger partial charge in [-0.15, -0.1) is 0 Å². The Morgan fingerprint density at radius 1 is 1.08 bits per heavy atom. The summed E-state index contributed by atoms with van der Waals surface area (Å²) in [6, 6.07) is 0.869. The summed E-state index contributed by atoms with van der Waals surface area (Å²) < 4.78 is 0. The number of nitrogens with zero attached hydrogens (tertiary/aromatic N) is 1. The average Bonchev–Trinajstić information content (AvgIpc) is 3.09. The molecule has 0 aromatic heterocycles. The minimum absolute atomic E-state index is 0.0249. The van der Waals surface area contributed by atoms with Crippen LogP contribution in [0.3, 0.4) is 0 Å². The smallest absolute Gasteiger partial charge is 0.237 e. The molecule has 4 rings (SSSR count). The molecule has 4 fully saturated rings. The summed E-state index contributed by atoms with van der Waals surface area (Å²) in [4.78, 5) is 15.3. The van der Waals surface area contributed by atoms with Gasteiger partial charge in [0.05, 0.1) is 6.04 Å². The Balaban J connectivity index is 1.28. The Kier molecular flexibility index (Phi) is 5.60. The molecule has 25 heavy (non-hydrogen) atoms. The van der Waals surface area contributed by atoms with Gasteiger partial charge < -0.3 is 10.6 Å². The fourth-order valence-electron chi connectivity index (χ4n) is 5.43. The second-order valence-electron chi connectivity index (χ2n) is 8.66. The number of likely N-dealkylation sites (tertiary alicyclic amines) is 1. The molecule has 0 aromatic rings. The van der Waals surface area contributed by atoms with Gasteiger partial charge in [-0.05, 0) is 63.5 Å². The molecule has 0 aromatic carbocycles. The number of nitrogens with one attached hydrogen (secondary N) is 4. The lowest BCUT2D eigenvalue weighted by atomic mass is 9.78. The Hall–Kier alpha value is -0.690. The zero-order valence-corrected chi connectivity index (χ0v) is 15.6. The molecule has 142 valence electrons. The Morgan fingerprint density at radius 3 is 2.72 bits per heavy atom. The van der Waals surface area contributed by atoms with Gasteiger partial charge in [-0.1, -0.05) is 13.3 Å². The zero-order chi connectivity index (χ0) is 17.2. The molecular formula is C19H35N5O. The van der Waals surface area contributed by atoms with Crippen LogP contribution in [0, 0.1) is 11.8 Å². The molecule has 1 amide bonds. The number of fused-ring (bicyclic) bond motifs is 1. The Morgan fingerprint density at radius 2 is 1.92 bits per heavy atom. The number of carbonyl (C=O) groups is 1. The fraction of sp³-hybridized carbons (Fsp3) is 0.947. The highest BCUT2D eigenvalue weighted by atomic mass is 16.2. The van der Waals surface area contributed by atoms with Crippen LogP contribution in [-0.2, 0) is 4.79 Å². The molecule has 3 aliphatic heterocycles. The van der Waals surface area contributed by atoms with E-state index in [2.05, 4.69) is 33.1 Å². The maximum absolute atomic E-state index is 12.8. The minimum Gasteiger partial charge on any atom is -0.351 e. The van der Waals surface area contributed by atoms with Crippen LogP contribution in [0.25, 0.3) is 0 Å². The molecule has 0 bridgehead atoms. The third-order valence-electron chi connectivity index (χ3n) is 6.80. The summed E-state index contributed by atoms with van der Waals surface area (Å²) >= 11 is 0.